The van der Waals surface area contributed by atoms with Gasteiger partial charge in [-0.15, -0.1) is 0 Å². The van der Waals surface area contributed by atoms with Gasteiger partial charge in [0.1, 0.15) is 0 Å². The molecule has 0 saturated carbocycles. The van der Waals surface area contributed by atoms with Crippen molar-refractivity contribution in [2.45, 2.75) is 25.8 Å². The van der Waals surface area contributed by atoms with E-state index in [1.165, 1.54) is 6.92 Å². The van der Waals surface area contributed by atoms with Gasteiger partial charge >= 0.3 is 0 Å². The molecule has 0 aromatic carbocycles. The van der Waals surface area contributed by atoms with Crippen molar-refractivity contribution >= 4 is 0 Å². The van der Waals surface area contributed by atoms with Crippen molar-refractivity contribution < 1.29 is 8.78 Å². The molecule has 0 heterocycles. The van der Waals surface area contributed by atoms with E-state index in [2.05, 4.69) is 11.9 Å². The molecule has 0 spiro atoms. The smallest absolute Gasteiger partial charge is 0.264 e. The highest BCUT2D eigenvalue weighted by Crippen LogP contribution is 2.16. The monoisotopic (exact) mass is 150 g/mol. The Morgan fingerprint density at radius 1 is 1.70 bits per heavy atom. The Bertz CT molecular complexity index is 128. The van der Waals surface area contributed by atoms with Crippen LogP contribution in [-0.2, 0) is 0 Å². The van der Waals surface area contributed by atoms with E-state index in [-0.39, 0.29) is 5.82 Å². The molecule has 1 unspecified atom stereocenters. The lowest BCUT2D eigenvalue weighted by Gasteiger charge is -2.20. The van der Waals surface area contributed by atoms with Gasteiger partial charge in [-0.3, -0.25) is 0 Å². The van der Waals surface area contributed by atoms with Crippen LogP contribution in [0.3, 0.4) is 0 Å². The summed E-state index contributed by atoms with van der Waals surface area (Å²) in [7, 11) is 0. The van der Waals surface area contributed by atoms with Gasteiger partial charge in [-0.25, -0.2) is 8.78 Å². The summed E-state index contributed by atoms with van der Waals surface area (Å²) in [6.45, 7) is 5.41. The Morgan fingerprint density at radius 3 is 2.20 bits per heavy atom. The average Bonchev–Trinajstić information content (AvgIpc) is 1.60. The first-order valence-corrected chi connectivity index (χ1v) is 2.92. The predicted octanol–water partition coefficient (Wildman–Crippen LogP) is 1.05. The Hall–Kier alpha value is -0.800. The van der Waals surface area contributed by atoms with Crippen molar-refractivity contribution in [2.75, 3.05) is 0 Å². The second-order valence-electron chi connectivity index (χ2n) is 2.35. The zero-order valence-corrected chi connectivity index (χ0v) is 6.12. The molecule has 0 aliphatic rings. The summed E-state index contributed by atoms with van der Waals surface area (Å²) < 4.78 is 24.6. The molecule has 0 saturated heterocycles. The van der Waals surface area contributed by atoms with E-state index >= 15 is 0 Å². The van der Waals surface area contributed by atoms with Gasteiger partial charge in [-0.1, -0.05) is 6.58 Å². The fourth-order valence-electron chi connectivity index (χ4n) is 0.405. The predicted molar refractivity (Wildman–Crippen MR) is 36.5 cm³/mol. The van der Waals surface area contributed by atoms with Crippen molar-refractivity contribution in [3.05, 3.63) is 12.4 Å². The van der Waals surface area contributed by atoms with Crippen molar-refractivity contribution in [3.63, 3.8) is 0 Å². The summed E-state index contributed by atoms with van der Waals surface area (Å²) >= 11 is 0. The number of nitrogens with one attached hydrogen (secondary N) is 1. The Labute approximate surface area is 59.1 Å². The van der Waals surface area contributed by atoms with Crippen molar-refractivity contribution in [1.82, 2.24) is 5.32 Å². The van der Waals surface area contributed by atoms with Gasteiger partial charge in [-0.05, 0) is 6.92 Å². The van der Waals surface area contributed by atoms with E-state index in [4.69, 9.17) is 5.73 Å². The molecule has 0 radical (unpaired) electrons. The third-order valence-corrected chi connectivity index (χ3v) is 1.16. The quantitative estimate of drug-likeness (QED) is 0.631. The summed E-state index contributed by atoms with van der Waals surface area (Å²) in [5.41, 5.74) is 5.05. The maximum absolute atomic E-state index is 12.3. The zero-order valence-electron chi connectivity index (χ0n) is 6.12. The highest BCUT2D eigenvalue weighted by molar-refractivity contribution is 4.89. The van der Waals surface area contributed by atoms with Gasteiger partial charge < -0.3 is 11.1 Å². The third kappa shape index (κ3) is 3.27. The van der Waals surface area contributed by atoms with Gasteiger partial charge in [0, 0.05) is 6.92 Å². The number of alkyl halides is 2. The molecule has 0 amide bonds. The van der Waals surface area contributed by atoms with Crippen LogP contribution in [0.15, 0.2) is 12.4 Å². The molecule has 0 aliphatic heterocycles. The number of nitrogens with two attached hydrogens (primary N) is 1. The molecule has 0 aromatic rings. The molecule has 0 aromatic heterocycles. The zero-order chi connectivity index (χ0) is 8.36. The largest absolute Gasteiger partial charge is 0.386 e. The van der Waals surface area contributed by atoms with Crippen LogP contribution >= 0.6 is 0 Å². The van der Waals surface area contributed by atoms with E-state index in [1.807, 2.05) is 0 Å². The van der Waals surface area contributed by atoms with Crippen LogP contribution < -0.4 is 11.1 Å². The molecule has 0 bridgehead atoms. The number of hydrogen-bond acceptors (Lipinski definition) is 2. The van der Waals surface area contributed by atoms with Crippen LogP contribution in [0.25, 0.3) is 0 Å². The first-order chi connectivity index (χ1) is 4.34. The molecule has 3 N–H and O–H groups in total. The van der Waals surface area contributed by atoms with E-state index in [9.17, 15) is 8.78 Å². The molecule has 0 aliphatic carbocycles. The van der Waals surface area contributed by atoms with Crippen molar-refractivity contribution in [1.29, 1.82) is 0 Å². The Morgan fingerprint density at radius 2 is 2.10 bits per heavy atom. The van der Waals surface area contributed by atoms with Crippen molar-refractivity contribution in [3.8, 4) is 0 Å². The van der Waals surface area contributed by atoms with E-state index in [0.29, 0.717) is 0 Å². The van der Waals surface area contributed by atoms with E-state index < -0.39 is 12.0 Å². The molecular formula is C6H12F2N2. The summed E-state index contributed by atoms with van der Waals surface area (Å²) in [6.07, 6.45) is 0. The normalized spacial score (nSPS) is 14.4. The lowest BCUT2D eigenvalue weighted by molar-refractivity contribution is -0.00899. The van der Waals surface area contributed by atoms with Gasteiger partial charge in [-0.2, -0.15) is 0 Å². The Balaban J connectivity index is 3.85. The standard InChI is InChI=1S/C6H12F2N2/c1-4(6(3,7)8)10-5(2)9/h4,10H,2,9H2,1,3H3. The third-order valence-electron chi connectivity index (χ3n) is 1.16. The SMILES string of the molecule is C=C(N)NC(C)C(C)(F)F. The van der Waals surface area contributed by atoms with Crippen molar-refractivity contribution in [2.24, 2.45) is 5.73 Å². The molecule has 4 heteroatoms. The van der Waals surface area contributed by atoms with E-state index in [0.717, 1.165) is 6.92 Å². The first-order valence-electron chi connectivity index (χ1n) is 2.92. The lowest BCUT2D eigenvalue weighted by atomic mass is 10.2. The van der Waals surface area contributed by atoms with Gasteiger partial charge in [0.2, 0.25) is 0 Å². The van der Waals surface area contributed by atoms with Crippen LogP contribution in [0.4, 0.5) is 8.78 Å². The van der Waals surface area contributed by atoms with Crippen LogP contribution in [0.5, 0.6) is 0 Å². The first kappa shape index (κ1) is 9.20. The highest BCUT2D eigenvalue weighted by Gasteiger charge is 2.29. The molecule has 60 valence electrons. The summed E-state index contributed by atoms with van der Waals surface area (Å²) in [5.74, 6) is -2.70. The maximum atomic E-state index is 12.3. The molecule has 10 heavy (non-hydrogen) atoms. The van der Waals surface area contributed by atoms with Gasteiger partial charge in [0.15, 0.2) is 0 Å². The van der Waals surface area contributed by atoms with Gasteiger partial charge in [0.05, 0.1) is 11.9 Å². The molecular weight excluding hydrogens is 138 g/mol. The summed E-state index contributed by atoms with van der Waals surface area (Å²) in [6, 6.07) is -0.968. The second kappa shape index (κ2) is 2.86. The van der Waals surface area contributed by atoms with Crippen LogP contribution in [0.2, 0.25) is 0 Å². The van der Waals surface area contributed by atoms with Crippen LogP contribution in [-0.4, -0.2) is 12.0 Å². The Kier molecular flexibility index (Phi) is 2.63. The topological polar surface area (TPSA) is 38.0 Å². The van der Waals surface area contributed by atoms with Gasteiger partial charge in [0.25, 0.3) is 5.92 Å². The minimum Gasteiger partial charge on any atom is -0.386 e. The molecule has 1 atom stereocenters. The van der Waals surface area contributed by atoms with E-state index in [1.54, 1.807) is 0 Å². The number of rotatable bonds is 3. The van der Waals surface area contributed by atoms with Crippen LogP contribution in [0.1, 0.15) is 13.8 Å². The minimum atomic E-state index is -2.76. The second-order valence-corrected chi connectivity index (χ2v) is 2.35. The van der Waals surface area contributed by atoms with Crippen LogP contribution in [0, 0.1) is 0 Å². The summed E-state index contributed by atoms with van der Waals surface area (Å²) in [4.78, 5) is 0. The molecule has 0 rings (SSSR count). The molecule has 0 fully saturated rings. The lowest BCUT2D eigenvalue weighted by Crippen LogP contribution is -2.41. The number of hydrogen-bond donors (Lipinski definition) is 2. The minimum absolute atomic E-state index is 0.0639. The average molecular weight is 150 g/mol. The maximum Gasteiger partial charge on any atom is 0.264 e. The number of halogens is 2. The molecule has 2 nitrogen and oxygen atoms in total. The fourth-order valence-corrected chi connectivity index (χ4v) is 0.405. The highest BCUT2D eigenvalue weighted by atomic mass is 19.3. The fraction of sp³-hybridized carbons (Fsp3) is 0.667. The summed E-state index contributed by atoms with van der Waals surface area (Å²) in [5, 5.41) is 2.32.